The highest BCUT2D eigenvalue weighted by Gasteiger charge is 1.99. The molecule has 0 radical (unpaired) electrons. The Morgan fingerprint density at radius 3 is 2.58 bits per heavy atom. The molecule has 0 fully saturated rings. The molecule has 0 bridgehead atoms. The first-order valence-corrected chi connectivity index (χ1v) is 3.49. The fourth-order valence-electron chi connectivity index (χ4n) is 1.10. The van der Waals surface area contributed by atoms with Crippen LogP contribution in [0.5, 0.6) is 0 Å². The normalized spacial score (nSPS) is 10.3. The zero-order valence-electron chi connectivity index (χ0n) is 6.13. The van der Waals surface area contributed by atoms with Gasteiger partial charge in [0.2, 0.25) is 5.43 Å². The van der Waals surface area contributed by atoms with E-state index in [1.54, 1.807) is 18.2 Å². The second-order valence-electron chi connectivity index (χ2n) is 2.45. The molecule has 0 atom stereocenters. The van der Waals surface area contributed by atoms with E-state index in [9.17, 15) is 9.59 Å². The van der Waals surface area contributed by atoms with Gasteiger partial charge in [-0.3, -0.25) is 19.8 Å². The maximum atomic E-state index is 11.2. The molecule has 1 aromatic carbocycles. The van der Waals surface area contributed by atoms with Gasteiger partial charge in [-0.1, -0.05) is 12.1 Å². The van der Waals surface area contributed by atoms with E-state index in [-0.39, 0.29) is 11.0 Å². The minimum Gasteiger partial charge on any atom is -0.294 e. The van der Waals surface area contributed by atoms with Crippen LogP contribution in [-0.4, -0.2) is 10.2 Å². The highest BCUT2D eigenvalue weighted by molar-refractivity contribution is 5.76. The summed E-state index contributed by atoms with van der Waals surface area (Å²) in [7, 11) is 0. The summed E-state index contributed by atoms with van der Waals surface area (Å²) in [6, 6.07) is 6.28. The molecule has 60 valence electrons. The first-order valence-electron chi connectivity index (χ1n) is 3.49. The molecule has 2 N–H and O–H groups in total. The molecule has 0 spiro atoms. The summed E-state index contributed by atoms with van der Waals surface area (Å²) in [5.74, 6) is 0. The first kappa shape index (κ1) is 6.84. The highest BCUT2D eigenvalue weighted by atomic mass is 16.1. The van der Waals surface area contributed by atoms with Crippen LogP contribution in [0.15, 0.2) is 33.9 Å². The van der Waals surface area contributed by atoms with Gasteiger partial charge in [0.05, 0.1) is 5.39 Å². The molecule has 4 nitrogen and oxygen atoms in total. The predicted octanol–water partition coefficient (Wildman–Crippen LogP) is 0.216. The van der Waals surface area contributed by atoms with Gasteiger partial charge in [-0.25, -0.2) is 0 Å². The van der Waals surface area contributed by atoms with Crippen molar-refractivity contribution in [3.8, 4) is 0 Å². The van der Waals surface area contributed by atoms with Crippen LogP contribution < -0.4 is 11.0 Å². The smallest absolute Gasteiger partial charge is 0.271 e. The van der Waals surface area contributed by atoms with Gasteiger partial charge in [-0.15, -0.1) is 0 Å². The Hall–Kier alpha value is -1.84. The lowest BCUT2D eigenvalue weighted by atomic mass is 10.3. The Bertz CT molecular complexity index is 524. The molecule has 0 saturated carbocycles. The van der Waals surface area contributed by atoms with E-state index in [1.165, 1.54) is 6.07 Å². The molecular weight excluding hydrogens is 156 g/mol. The number of aromatic amines is 2. The topological polar surface area (TPSA) is 65.7 Å². The standard InChI is InChI=1S/C8H6N2O2/c11-6-4-2-1-3-5-7(6)9-10-8(5)12/h1-4H,(H2,9,10,12). The molecule has 2 aromatic rings. The number of rotatable bonds is 0. The van der Waals surface area contributed by atoms with Gasteiger partial charge >= 0.3 is 0 Å². The van der Waals surface area contributed by atoms with E-state index >= 15 is 0 Å². The van der Waals surface area contributed by atoms with Crippen LogP contribution in [0.1, 0.15) is 0 Å². The molecular formula is C8H6N2O2. The zero-order chi connectivity index (χ0) is 8.55. The second kappa shape index (κ2) is 2.34. The van der Waals surface area contributed by atoms with E-state index in [1.807, 2.05) is 0 Å². The molecule has 0 aliphatic rings. The van der Waals surface area contributed by atoms with Crippen LogP contribution in [-0.2, 0) is 0 Å². The Morgan fingerprint density at radius 1 is 1.00 bits per heavy atom. The van der Waals surface area contributed by atoms with Crippen LogP contribution in [0.2, 0.25) is 0 Å². The van der Waals surface area contributed by atoms with E-state index in [0.717, 1.165) is 0 Å². The Balaban J connectivity index is 3.19. The summed E-state index contributed by atoms with van der Waals surface area (Å²) in [5.41, 5.74) is -0.128. The van der Waals surface area contributed by atoms with Crippen LogP contribution in [0.3, 0.4) is 0 Å². The van der Waals surface area contributed by atoms with Crippen LogP contribution in [0, 0.1) is 0 Å². The summed E-state index contributed by atoms with van der Waals surface area (Å²) in [6.45, 7) is 0. The van der Waals surface area contributed by atoms with Crippen molar-refractivity contribution in [2.75, 3.05) is 0 Å². The fraction of sp³-hybridized carbons (Fsp3) is 0. The lowest BCUT2D eigenvalue weighted by molar-refractivity contribution is 1.08. The summed E-state index contributed by atoms with van der Waals surface area (Å²) < 4.78 is 0. The molecule has 4 heteroatoms. The average Bonchev–Trinajstić information content (AvgIpc) is 2.30. The summed E-state index contributed by atoms with van der Waals surface area (Å²) in [5, 5.41) is 5.27. The molecule has 0 saturated heterocycles. The zero-order valence-corrected chi connectivity index (χ0v) is 6.13. The molecule has 2 rings (SSSR count). The number of hydrogen-bond acceptors (Lipinski definition) is 2. The third-order valence-electron chi connectivity index (χ3n) is 1.68. The van der Waals surface area contributed by atoms with Crippen LogP contribution >= 0.6 is 0 Å². The fourth-order valence-corrected chi connectivity index (χ4v) is 1.10. The van der Waals surface area contributed by atoms with Gasteiger partial charge in [0, 0.05) is 0 Å². The number of H-pyrrole nitrogens is 2. The van der Waals surface area contributed by atoms with Crippen molar-refractivity contribution >= 4 is 10.9 Å². The first-order chi connectivity index (χ1) is 5.79. The van der Waals surface area contributed by atoms with Crippen LogP contribution in [0.4, 0.5) is 0 Å². The lowest BCUT2D eigenvalue weighted by Crippen LogP contribution is -1.97. The third kappa shape index (κ3) is 0.852. The minimum atomic E-state index is -0.265. The van der Waals surface area contributed by atoms with Crippen molar-refractivity contribution in [2.24, 2.45) is 0 Å². The molecule has 0 amide bonds. The largest absolute Gasteiger partial charge is 0.294 e. The molecule has 0 aliphatic heterocycles. The van der Waals surface area contributed by atoms with Gasteiger partial charge < -0.3 is 0 Å². The Labute approximate surface area is 66.8 Å². The van der Waals surface area contributed by atoms with E-state index in [4.69, 9.17) is 0 Å². The van der Waals surface area contributed by atoms with Crippen LogP contribution in [0.25, 0.3) is 10.9 Å². The van der Waals surface area contributed by atoms with E-state index in [2.05, 4.69) is 10.2 Å². The van der Waals surface area contributed by atoms with Gasteiger partial charge in [-0.2, -0.15) is 0 Å². The molecule has 0 aliphatic carbocycles. The Kier molecular flexibility index (Phi) is 1.33. The number of hydrogen-bond donors (Lipinski definition) is 2. The third-order valence-corrected chi connectivity index (χ3v) is 1.68. The molecule has 1 heterocycles. The highest BCUT2D eigenvalue weighted by Crippen LogP contribution is 1.96. The van der Waals surface area contributed by atoms with Gasteiger partial charge in [0.25, 0.3) is 5.56 Å². The lowest BCUT2D eigenvalue weighted by Gasteiger charge is -1.72. The average molecular weight is 162 g/mol. The second-order valence-corrected chi connectivity index (χ2v) is 2.45. The Morgan fingerprint density at radius 2 is 1.75 bits per heavy atom. The monoisotopic (exact) mass is 162 g/mol. The SMILES string of the molecule is O=c1[nH][nH]c2c(=O)ccccc12. The van der Waals surface area contributed by atoms with E-state index in [0.29, 0.717) is 10.9 Å². The number of aromatic nitrogens is 2. The summed E-state index contributed by atoms with van der Waals surface area (Å²) >= 11 is 0. The molecule has 1 aromatic heterocycles. The van der Waals surface area contributed by atoms with Gasteiger partial charge in [0.1, 0.15) is 5.52 Å². The predicted molar refractivity (Wildman–Crippen MR) is 45.2 cm³/mol. The maximum absolute atomic E-state index is 11.2. The quantitative estimate of drug-likeness (QED) is 0.581. The number of fused-ring (bicyclic) bond motifs is 1. The maximum Gasteiger partial charge on any atom is 0.271 e. The number of nitrogens with one attached hydrogen (secondary N) is 2. The van der Waals surface area contributed by atoms with Crippen molar-refractivity contribution < 1.29 is 0 Å². The minimum absolute atomic E-state index is 0.187. The van der Waals surface area contributed by atoms with Gasteiger partial charge in [-0.05, 0) is 12.1 Å². The van der Waals surface area contributed by atoms with E-state index < -0.39 is 0 Å². The van der Waals surface area contributed by atoms with Crippen molar-refractivity contribution in [3.05, 3.63) is 44.8 Å². The molecule has 12 heavy (non-hydrogen) atoms. The van der Waals surface area contributed by atoms with Gasteiger partial charge in [0.15, 0.2) is 0 Å². The van der Waals surface area contributed by atoms with Crippen molar-refractivity contribution in [2.45, 2.75) is 0 Å². The molecule has 0 unspecified atom stereocenters. The van der Waals surface area contributed by atoms with Crippen molar-refractivity contribution in [3.63, 3.8) is 0 Å². The van der Waals surface area contributed by atoms with Crippen molar-refractivity contribution in [1.29, 1.82) is 0 Å². The summed E-state index contributed by atoms with van der Waals surface area (Å²) in [4.78, 5) is 22.2. The summed E-state index contributed by atoms with van der Waals surface area (Å²) in [6.07, 6.45) is 0. The van der Waals surface area contributed by atoms with Crippen molar-refractivity contribution in [1.82, 2.24) is 10.2 Å².